The van der Waals surface area contributed by atoms with E-state index in [1.165, 1.54) is 5.56 Å². The largest absolute Gasteiger partial charge is 0.393 e. The van der Waals surface area contributed by atoms with Gasteiger partial charge in [0.05, 0.1) is 11.5 Å². The van der Waals surface area contributed by atoms with Crippen LogP contribution in [0.4, 0.5) is 5.69 Å². The molecular weight excluding hydrogens is 302 g/mol. The highest BCUT2D eigenvalue weighted by Crippen LogP contribution is 2.27. The molecule has 0 atom stereocenters. The fraction of sp³-hybridized carbons (Fsp3) is 0.632. The van der Waals surface area contributed by atoms with Crippen molar-refractivity contribution >= 4 is 11.6 Å². The number of anilines is 1. The summed E-state index contributed by atoms with van der Waals surface area (Å²) in [6.07, 6.45) is 2.99. The van der Waals surface area contributed by atoms with E-state index < -0.39 is 5.41 Å². The van der Waals surface area contributed by atoms with Crippen LogP contribution in [-0.4, -0.2) is 41.7 Å². The number of aliphatic hydroxyl groups excluding tert-OH is 1. The van der Waals surface area contributed by atoms with Crippen LogP contribution in [-0.2, 0) is 11.3 Å². The minimum Gasteiger partial charge on any atom is -0.393 e. The van der Waals surface area contributed by atoms with Crippen LogP contribution in [0.5, 0.6) is 0 Å². The number of nitrogens with one attached hydrogen (secondary N) is 1. The van der Waals surface area contributed by atoms with E-state index in [2.05, 4.69) is 16.3 Å². The highest BCUT2D eigenvalue weighted by atomic mass is 16.3. The van der Waals surface area contributed by atoms with Gasteiger partial charge in [-0.2, -0.15) is 0 Å². The van der Waals surface area contributed by atoms with E-state index in [0.29, 0.717) is 6.54 Å². The van der Waals surface area contributed by atoms with E-state index in [4.69, 9.17) is 5.73 Å². The number of nitrogens with zero attached hydrogens (tertiary/aromatic N) is 1. The summed E-state index contributed by atoms with van der Waals surface area (Å²) in [4.78, 5) is 15.0. The summed E-state index contributed by atoms with van der Waals surface area (Å²) >= 11 is 0. The van der Waals surface area contributed by atoms with E-state index in [9.17, 15) is 9.90 Å². The Hall–Kier alpha value is -1.43. The summed E-state index contributed by atoms with van der Waals surface area (Å²) in [6.45, 7) is 7.06. The first-order valence-electron chi connectivity index (χ1n) is 9.04. The molecule has 1 heterocycles. The molecule has 0 aromatic heterocycles. The van der Waals surface area contributed by atoms with Gasteiger partial charge < -0.3 is 16.2 Å². The lowest BCUT2D eigenvalue weighted by Crippen LogP contribution is -2.41. The Morgan fingerprint density at radius 1 is 1.33 bits per heavy atom. The summed E-state index contributed by atoms with van der Waals surface area (Å²) in [5.41, 5.74) is 7.38. The van der Waals surface area contributed by atoms with Crippen LogP contribution in [0.3, 0.4) is 0 Å². The average molecular weight is 333 g/mol. The Labute approximate surface area is 145 Å². The number of benzene rings is 1. The van der Waals surface area contributed by atoms with Gasteiger partial charge in [-0.3, -0.25) is 9.69 Å². The summed E-state index contributed by atoms with van der Waals surface area (Å²) in [6, 6.07) is 8.02. The zero-order valence-corrected chi connectivity index (χ0v) is 14.9. The lowest BCUT2D eigenvalue weighted by atomic mass is 9.81. The normalized spacial score (nSPS) is 17.0. The first-order chi connectivity index (χ1) is 11.5. The first-order valence-corrected chi connectivity index (χ1v) is 9.04. The maximum absolute atomic E-state index is 12.6. The molecule has 0 saturated carbocycles. The van der Waals surface area contributed by atoms with Crippen LogP contribution >= 0.6 is 0 Å². The van der Waals surface area contributed by atoms with Gasteiger partial charge in [0.2, 0.25) is 5.91 Å². The van der Waals surface area contributed by atoms with Gasteiger partial charge in [-0.1, -0.05) is 26.0 Å². The van der Waals surface area contributed by atoms with Gasteiger partial charge >= 0.3 is 0 Å². The predicted molar refractivity (Wildman–Crippen MR) is 97.7 cm³/mol. The number of hydrogen-bond acceptors (Lipinski definition) is 4. The predicted octanol–water partition coefficient (Wildman–Crippen LogP) is 2.35. The maximum atomic E-state index is 12.6. The minimum absolute atomic E-state index is 0.00763. The van der Waals surface area contributed by atoms with Crippen LogP contribution in [0.1, 0.15) is 45.1 Å². The number of hydrogen-bond donors (Lipinski definition) is 3. The van der Waals surface area contributed by atoms with Crippen molar-refractivity contribution in [3.63, 3.8) is 0 Å². The van der Waals surface area contributed by atoms with Crippen LogP contribution < -0.4 is 11.1 Å². The average Bonchev–Trinajstić information content (AvgIpc) is 2.59. The van der Waals surface area contributed by atoms with E-state index in [0.717, 1.165) is 51.0 Å². The highest BCUT2D eigenvalue weighted by Gasteiger charge is 2.33. The Morgan fingerprint density at radius 3 is 2.58 bits per heavy atom. The molecule has 0 radical (unpaired) electrons. The SMILES string of the molecule is CCC(CC)(CN)C(=O)Nc1cccc(CN2CCC(O)CC2)c1. The van der Waals surface area contributed by atoms with Gasteiger partial charge in [-0.05, 0) is 43.4 Å². The Bertz CT molecular complexity index is 527. The molecule has 1 aliphatic heterocycles. The van der Waals surface area contributed by atoms with Crippen molar-refractivity contribution in [3.05, 3.63) is 29.8 Å². The number of nitrogens with two attached hydrogens (primary N) is 1. The van der Waals surface area contributed by atoms with Gasteiger partial charge in [-0.25, -0.2) is 0 Å². The van der Waals surface area contributed by atoms with Gasteiger partial charge in [0.15, 0.2) is 0 Å². The molecule has 5 heteroatoms. The minimum atomic E-state index is -0.487. The molecule has 0 aliphatic carbocycles. The standard InChI is InChI=1S/C19H31N3O2/c1-3-19(4-2,14-20)18(24)21-16-7-5-6-15(12-16)13-22-10-8-17(23)9-11-22/h5-7,12,17,23H,3-4,8-11,13-14,20H2,1-2H3,(H,21,24). The number of aliphatic hydroxyl groups is 1. The molecule has 1 fully saturated rings. The summed E-state index contributed by atoms with van der Waals surface area (Å²) in [7, 11) is 0. The molecule has 0 unspecified atom stereocenters. The third-order valence-electron chi connectivity index (χ3n) is 5.37. The molecule has 1 saturated heterocycles. The number of likely N-dealkylation sites (tertiary alicyclic amines) is 1. The van der Waals surface area contributed by atoms with Crippen molar-refractivity contribution in [2.75, 3.05) is 25.0 Å². The Kier molecular flexibility index (Phi) is 6.78. The molecule has 134 valence electrons. The van der Waals surface area contributed by atoms with Crippen molar-refractivity contribution < 1.29 is 9.90 Å². The maximum Gasteiger partial charge on any atom is 0.231 e. The lowest BCUT2D eigenvalue weighted by molar-refractivity contribution is -0.125. The highest BCUT2D eigenvalue weighted by molar-refractivity contribution is 5.95. The topological polar surface area (TPSA) is 78.6 Å². The zero-order chi connectivity index (χ0) is 17.6. The summed E-state index contributed by atoms with van der Waals surface area (Å²) in [5, 5.41) is 12.6. The monoisotopic (exact) mass is 333 g/mol. The number of piperidine rings is 1. The van der Waals surface area contributed by atoms with Gasteiger partial charge in [-0.15, -0.1) is 0 Å². The first kappa shape index (κ1) is 18.9. The summed E-state index contributed by atoms with van der Waals surface area (Å²) < 4.78 is 0. The molecule has 5 nitrogen and oxygen atoms in total. The third kappa shape index (κ3) is 4.56. The Balaban J connectivity index is 2.01. The van der Waals surface area contributed by atoms with Crippen molar-refractivity contribution in [3.8, 4) is 0 Å². The van der Waals surface area contributed by atoms with Crippen LogP contribution in [0.25, 0.3) is 0 Å². The lowest BCUT2D eigenvalue weighted by Gasteiger charge is -2.30. The van der Waals surface area contributed by atoms with Crippen molar-refractivity contribution in [2.45, 2.75) is 52.2 Å². The van der Waals surface area contributed by atoms with Crippen LogP contribution in [0, 0.1) is 5.41 Å². The number of carbonyl (C=O) groups excluding carboxylic acids is 1. The number of rotatable bonds is 7. The van der Waals surface area contributed by atoms with Crippen molar-refractivity contribution in [2.24, 2.45) is 11.1 Å². The van der Waals surface area contributed by atoms with E-state index in [-0.39, 0.29) is 12.0 Å². The van der Waals surface area contributed by atoms with E-state index in [1.807, 2.05) is 32.0 Å². The van der Waals surface area contributed by atoms with Crippen molar-refractivity contribution in [1.82, 2.24) is 4.90 Å². The molecule has 4 N–H and O–H groups in total. The van der Waals surface area contributed by atoms with Gasteiger partial charge in [0.25, 0.3) is 0 Å². The fourth-order valence-corrected chi connectivity index (χ4v) is 3.30. The molecule has 24 heavy (non-hydrogen) atoms. The number of carbonyl (C=O) groups is 1. The molecule has 1 aromatic carbocycles. The Morgan fingerprint density at radius 2 is 2.00 bits per heavy atom. The zero-order valence-electron chi connectivity index (χ0n) is 14.9. The molecule has 1 aliphatic rings. The fourth-order valence-electron chi connectivity index (χ4n) is 3.30. The van der Waals surface area contributed by atoms with E-state index >= 15 is 0 Å². The second-order valence-electron chi connectivity index (χ2n) is 6.85. The second kappa shape index (κ2) is 8.60. The van der Waals surface area contributed by atoms with Crippen LogP contribution in [0.2, 0.25) is 0 Å². The number of amides is 1. The summed E-state index contributed by atoms with van der Waals surface area (Å²) in [5.74, 6) is 0.00763. The quantitative estimate of drug-likeness (QED) is 0.716. The molecule has 0 spiro atoms. The van der Waals surface area contributed by atoms with Crippen LogP contribution in [0.15, 0.2) is 24.3 Å². The van der Waals surface area contributed by atoms with Gasteiger partial charge in [0.1, 0.15) is 0 Å². The molecule has 2 rings (SSSR count). The second-order valence-corrected chi connectivity index (χ2v) is 6.85. The third-order valence-corrected chi connectivity index (χ3v) is 5.37. The van der Waals surface area contributed by atoms with Crippen molar-refractivity contribution in [1.29, 1.82) is 0 Å². The van der Waals surface area contributed by atoms with Gasteiger partial charge in [0, 0.05) is 31.9 Å². The molecule has 1 aromatic rings. The molecular formula is C19H31N3O2. The molecule has 1 amide bonds. The molecule has 0 bridgehead atoms. The smallest absolute Gasteiger partial charge is 0.231 e. The van der Waals surface area contributed by atoms with E-state index in [1.54, 1.807) is 0 Å².